The molecule has 1 aliphatic heterocycles. The molecule has 1 aliphatic rings. The predicted octanol–water partition coefficient (Wildman–Crippen LogP) is 2.40. The van der Waals surface area contributed by atoms with E-state index in [2.05, 4.69) is 16.7 Å². The number of hydrogen-bond acceptors (Lipinski definition) is 4. The van der Waals surface area contributed by atoms with Crippen LogP contribution >= 0.6 is 0 Å². The normalized spacial score (nSPS) is 16.0. The summed E-state index contributed by atoms with van der Waals surface area (Å²) < 4.78 is 0. The van der Waals surface area contributed by atoms with Gasteiger partial charge in [-0.05, 0) is 50.6 Å². The summed E-state index contributed by atoms with van der Waals surface area (Å²) in [6, 6.07) is 5.88. The Bertz CT molecular complexity index is 617. The number of hydrogen-bond donors (Lipinski definition) is 0. The van der Waals surface area contributed by atoms with Gasteiger partial charge in [0, 0.05) is 51.5 Å². The molecular formula is C20H31N3O2. The summed E-state index contributed by atoms with van der Waals surface area (Å²) in [6.07, 6.45) is 2.03. The third kappa shape index (κ3) is 4.21. The van der Waals surface area contributed by atoms with Crippen LogP contribution in [0.5, 0.6) is 0 Å². The first kappa shape index (κ1) is 19.4. The van der Waals surface area contributed by atoms with Crippen LogP contribution in [0.25, 0.3) is 0 Å². The SMILES string of the molecule is CCCN1CCN(c2ccc(C=O)c(C(C)(C)C(=O)N(C)C)c2)CC1. The van der Waals surface area contributed by atoms with Gasteiger partial charge in [0.25, 0.3) is 0 Å². The van der Waals surface area contributed by atoms with Crippen LogP contribution in [0.1, 0.15) is 43.1 Å². The highest BCUT2D eigenvalue weighted by Gasteiger charge is 2.34. The molecule has 25 heavy (non-hydrogen) atoms. The van der Waals surface area contributed by atoms with E-state index in [-0.39, 0.29) is 5.91 Å². The number of anilines is 1. The van der Waals surface area contributed by atoms with E-state index in [0.717, 1.165) is 50.3 Å². The lowest BCUT2D eigenvalue weighted by atomic mass is 9.80. The Labute approximate surface area is 151 Å². The Morgan fingerprint density at radius 2 is 1.84 bits per heavy atom. The molecule has 0 saturated carbocycles. The van der Waals surface area contributed by atoms with Gasteiger partial charge in [-0.15, -0.1) is 0 Å². The maximum Gasteiger partial charge on any atom is 0.232 e. The van der Waals surface area contributed by atoms with Gasteiger partial charge in [0.15, 0.2) is 0 Å². The third-order valence-electron chi connectivity index (χ3n) is 5.06. The molecule has 0 spiro atoms. The maximum atomic E-state index is 12.6. The highest BCUT2D eigenvalue weighted by atomic mass is 16.2. The van der Waals surface area contributed by atoms with E-state index in [1.54, 1.807) is 19.0 Å². The van der Waals surface area contributed by atoms with E-state index < -0.39 is 5.41 Å². The van der Waals surface area contributed by atoms with Gasteiger partial charge in [-0.2, -0.15) is 0 Å². The number of amides is 1. The number of carbonyl (C=O) groups excluding carboxylic acids is 2. The van der Waals surface area contributed by atoms with Crippen molar-refractivity contribution in [1.82, 2.24) is 9.80 Å². The Kier molecular flexibility index (Phi) is 6.22. The van der Waals surface area contributed by atoms with Crippen molar-refractivity contribution in [2.45, 2.75) is 32.6 Å². The molecule has 0 atom stereocenters. The first-order chi connectivity index (χ1) is 11.8. The lowest BCUT2D eigenvalue weighted by molar-refractivity contribution is -0.133. The lowest BCUT2D eigenvalue weighted by Gasteiger charge is -2.37. The van der Waals surface area contributed by atoms with Crippen molar-refractivity contribution in [3.63, 3.8) is 0 Å². The van der Waals surface area contributed by atoms with Gasteiger partial charge in [0.05, 0.1) is 5.41 Å². The van der Waals surface area contributed by atoms with Gasteiger partial charge in [0.2, 0.25) is 5.91 Å². The molecule has 138 valence electrons. The van der Waals surface area contributed by atoms with Crippen LogP contribution < -0.4 is 4.90 Å². The Morgan fingerprint density at radius 3 is 2.36 bits per heavy atom. The fourth-order valence-electron chi connectivity index (χ4n) is 3.61. The summed E-state index contributed by atoms with van der Waals surface area (Å²) in [5.41, 5.74) is 1.75. The van der Waals surface area contributed by atoms with E-state index >= 15 is 0 Å². The largest absolute Gasteiger partial charge is 0.369 e. The molecule has 1 amide bonds. The van der Waals surface area contributed by atoms with Crippen LogP contribution in [0.4, 0.5) is 5.69 Å². The number of likely N-dealkylation sites (N-methyl/N-ethyl adjacent to an activating group) is 1. The molecule has 2 rings (SSSR count). The van der Waals surface area contributed by atoms with E-state index in [1.807, 2.05) is 32.0 Å². The lowest BCUT2D eigenvalue weighted by Crippen LogP contribution is -2.46. The molecule has 0 aromatic heterocycles. The van der Waals surface area contributed by atoms with Crippen LogP contribution in [0.3, 0.4) is 0 Å². The van der Waals surface area contributed by atoms with Crippen LogP contribution in [0, 0.1) is 0 Å². The molecule has 1 aromatic carbocycles. The molecule has 0 bridgehead atoms. The monoisotopic (exact) mass is 345 g/mol. The molecule has 5 nitrogen and oxygen atoms in total. The summed E-state index contributed by atoms with van der Waals surface area (Å²) in [5.74, 6) is 0.000477. The minimum absolute atomic E-state index is 0.000477. The number of piperazine rings is 1. The third-order valence-corrected chi connectivity index (χ3v) is 5.06. The van der Waals surface area contributed by atoms with Crippen molar-refractivity contribution in [3.05, 3.63) is 29.3 Å². The Hall–Kier alpha value is -1.88. The summed E-state index contributed by atoms with van der Waals surface area (Å²) in [5, 5.41) is 0. The zero-order valence-electron chi connectivity index (χ0n) is 16.2. The minimum atomic E-state index is -0.736. The van der Waals surface area contributed by atoms with Gasteiger partial charge >= 0.3 is 0 Å². The minimum Gasteiger partial charge on any atom is -0.369 e. The van der Waals surface area contributed by atoms with E-state index in [9.17, 15) is 9.59 Å². The van der Waals surface area contributed by atoms with Crippen molar-refractivity contribution in [1.29, 1.82) is 0 Å². The highest BCUT2D eigenvalue weighted by molar-refractivity contribution is 5.91. The van der Waals surface area contributed by atoms with Gasteiger partial charge in [-0.3, -0.25) is 14.5 Å². The number of benzene rings is 1. The standard InChI is InChI=1S/C20H31N3O2/c1-6-9-22-10-12-23(13-11-22)17-8-7-16(15-24)18(14-17)20(2,3)19(25)21(4)5/h7-8,14-15H,6,9-13H2,1-5H3. The second kappa shape index (κ2) is 8.00. The Morgan fingerprint density at radius 1 is 1.20 bits per heavy atom. The molecule has 1 fully saturated rings. The molecule has 0 unspecified atom stereocenters. The Balaban J connectivity index is 2.29. The van der Waals surface area contributed by atoms with Crippen molar-refractivity contribution in [3.8, 4) is 0 Å². The molecule has 1 heterocycles. The van der Waals surface area contributed by atoms with E-state index in [1.165, 1.54) is 6.42 Å². The van der Waals surface area contributed by atoms with Crippen molar-refractivity contribution in [2.75, 3.05) is 51.7 Å². The molecular weight excluding hydrogens is 314 g/mol. The number of aldehydes is 1. The summed E-state index contributed by atoms with van der Waals surface area (Å²) in [4.78, 5) is 30.6. The van der Waals surface area contributed by atoms with Crippen molar-refractivity contribution < 1.29 is 9.59 Å². The smallest absolute Gasteiger partial charge is 0.232 e. The highest BCUT2D eigenvalue weighted by Crippen LogP contribution is 2.31. The zero-order valence-corrected chi connectivity index (χ0v) is 16.2. The first-order valence-electron chi connectivity index (χ1n) is 9.10. The topological polar surface area (TPSA) is 43.9 Å². The zero-order chi connectivity index (χ0) is 18.6. The molecule has 0 radical (unpaired) electrons. The second-order valence-corrected chi connectivity index (χ2v) is 7.54. The maximum absolute atomic E-state index is 12.6. The second-order valence-electron chi connectivity index (χ2n) is 7.54. The van der Waals surface area contributed by atoms with Crippen LogP contribution in [-0.2, 0) is 10.2 Å². The van der Waals surface area contributed by atoms with Crippen LogP contribution in [-0.4, -0.2) is 68.8 Å². The fourth-order valence-corrected chi connectivity index (χ4v) is 3.61. The number of carbonyl (C=O) groups is 2. The number of nitrogens with zero attached hydrogens (tertiary/aromatic N) is 3. The molecule has 1 saturated heterocycles. The fraction of sp³-hybridized carbons (Fsp3) is 0.600. The molecule has 1 aromatic rings. The summed E-state index contributed by atoms with van der Waals surface area (Å²) in [7, 11) is 3.50. The molecule has 5 heteroatoms. The van der Waals surface area contributed by atoms with Gasteiger partial charge in [0.1, 0.15) is 6.29 Å². The summed E-state index contributed by atoms with van der Waals surface area (Å²) in [6.45, 7) is 11.2. The van der Waals surface area contributed by atoms with E-state index in [4.69, 9.17) is 0 Å². The molecule has 0 aliphatic carbocycles. The van der Waals surface area contributed by atoms with Crippen LogP contribution in [0.15, 0.2) is 18.2 Å². The first-order valence-corrected chi connectivity index (χ1v) is 9.10. The quantitative estimate of drug-likeness (QED) is 0.743. The van der Waals surface area contributed by atoms with Gasteiger partial charge < -0.3 is 9.80 Å². The van der Waals surface area contributed by atoms with Gasteiger partial charge in [-0.1, -0.05) is 6.92 Å². The number of rotatable bonds is 6. The van der Waals surface area contributed by atoms with Crippen LogP contribution in [0.2, 0.25) is 0 Å². The predicted molar refractivity (Wildman–Crippen MR) is 102 cm³/mol. The average Bonchev–Trinajstić information content (AvgIpc) is 2.61. The molecule has 0 N–H and O–H groups in total. The summed E-state index contributed by atoms with van der Waals surface area (Å²) >= 11 is 0. The van der Waals surface area contributed by atoms with E-state index in [0.29, 0.717) is 5.56 Å². The van der Waals surface area contributed by atoms with Crippen molar-refractivity contribution in [2.24, 2.45) is 0 Å². The van der Waals surface area contributed by atoms with Crippen molar-refractivity contribution >= 4 is 17.9 Å². The average molecular weight is 345 g/mol. The van der Waals surface area contributed by atoms with Gasteiger partial charge in [-0.25, -0.2) is 0 Å².